The SMILES string of the molecule is CC1(c2ccc(CC3CCCS3)cc2)CCCC1. The average Bonchev–Trinajstić information content (AvgIpc) is 3.03. The van der Waals surface area contributed by atoms with Crippen molar-refractivity contribution in [2.75, 3.05) is 5.75 Å². The van der Waals surface area contributed by atoms with Crippen LogP contribution in [0.15, 0.2) is 24.3 Å². The molecule has 0 radical (unpaired) electrons. The maximum absolute atomic E-state index is 2.45. The first-order valence-electron chi connectivity index (χ1n) is 7.47. The highest BCUT2D eigenvalue weighted by atomic mass is 32.2. The van der Waals surface area contributed by atoms with E-state index in [1.807, 2.05) is 0 Å². The largest absolute Gasteiger partial charge is 0.158 e. The molecule has 0 amide bonds. The van der Waals surface area contributed by atoms with Crippen LogP contribution in [0.3, 0.4) is 0 Å². The van der Waals surface area contributed by atoms with Crippen LogP contribution >= 0.6 is 11.8 Å². The lowest BCUT2D eigenvalue weighted by Crippen LogP contribution is -2.16. The van der Waals surface area contributed by atoms with Gasteiger partial charge in [-0.1, -0.05) is 44.0 Å². The molecule has 1 aliphatic carbocycles. The van der Waals surface area contributed by atoms with Gasteiger partial charge in [-0.05, 0) is 54.4 Å². The van der Waals surface area contributed by atoms with Gasteiger partial charge in [-0.15, -0.1) is 0 Å². The first-order valence-corrected chi connectivity index (χ1v) is 8.52. The predicted molar refractivity (Wildman–Crippen MR) is 81.4 cm³/mol. The standard InChI is InChI=1S/C17H24S/c1-17(10-2-3-11-17)15-8-6-14(7-9-15)13-16-5-4-12-18-16/h6-9,16H,2-5,10-13H2,1H3. The molecule has 18 heavy (non-hydrogen) atoms. The van der Waals surface area contributed by atoms with Gasteiger partial charge in [0.25, 0.3) is 0 Å². The van der Waals surface area contributed by atoms with E-state index < -0.39 is 0 Å². The molecule has 0 spiro atoms. The third-order valence-corrected chi connectivity index (χ3v) is 6.24. The number of thioether (sulfide) groups is 1. The molecule has 0 bridgehead atoms. The van der Waals surface area contributed by atoms with Gasteiger partial charge in [0.1, 0.15) is 0 Å². The van der Waals surface area contributed by atoms with E-state index in [2.05, 4.69) is 43.0 Å². The van der Waals surface area contributed by atoms with Crippen LogP contribution in [0, 0.1) is 0 Å². The summed E-state index contributed by atoms with van der Waals surface area (Å²) in [4.78, 5) is 0. The van der Waals surface area contributed by atoms with Gasteiger partial charge in [0.2, 0.25) is 0 Å². The zero-order chi connectivity index (χ0) is 12.4. The topological polar surface area (TPSA) is 0 Å². The molecule has 3 rings (SSSR count). The Morgan fingerprint density at radius 3 is 2.44 bits per heavy atom. The third-order valence-electron chi connectivity index (χ3n) is 4.85. The minimum atomic E-state index is 0.473. The molecule has 1 aliphatic heterocycles. The number of hydrogen-bond acceptors (Lipinski definition) is 1. The van der Waals surface area contributed by atoms with Gasteiger partial charge in [-0.3, -0.25) is 0 Å². The second kappa shape index (κ2) is 5.28. The van der Waals surface area contributed by atoms with Crippen LogP contribution in [0.2, 0.25) is 0 Å². The summed E-state index contributed by atoms with van der Waals surface area (Å²) in [6, 6.07) is 9.58. The average molecular weight is 260 g/mol. The second-order valence-corrected chi connectivity index (χ2v) is 7.71. The summed E-state index contributed by atoms with van der Waals surface area (Å²) in [6.07, 6.45) is 9.71. The molecule has 2 fully saturated rings. The van der Waals surface area contributed by atoms with E-state index in [-0.39, 0.29) is 0 Å². The number of hydrogen-bond donors (Lipinski definition) is 0. The molecular weight excluding hydrogens is 236 g/mol. The normalized spacial score (nSPS) is 26.6. The highest BCUT2D eigenvalue weighted by Gasteiger charge is 2.30. The minimum Gasteiger partial charge on any atom is -0.158 e. The summed E-state index contributed by atoms with van der Waals surface area (Å²) in [5.74, 6) is 1.38. The molecule has 0 aromatic heterocycles. The molecule has 1 saturated heterocycles. The van der Waals surface area contributed by atoms with E-state index in [9.17, 15) is 0 Å². The molecule has 1 heterocycles. The Balaban J connectivity index is 1.68. The molecule has 1 aromatic rings. The van der Waals surface area contributed by atoms with Gasteiger partial charge >= 0.3 is 0 Å². The van der Waals surface area contributed by atoms with Gasteiger partial charge in [-0.25, -0.2) is 0 Å². The summed E-state index contributed by atoms with van der Waals surface area (Å²) < 4.78 is 0. The minimum absolute atomic E-state index is 0.473. The van der Waals surface area contributed by atoms with E-state index >= 15 is 0 Å². The van der Waals surface area contributed by atoms with Crippen LogP contribution < -0.4 is 0 Å². The van der Waals surface area contributed by atoms with Crippen molar-refractivity contribution in [1.82, 2.24) is 0 Å². The molecule has 0 N–H and O–H groups in total. The maximum atomic E-state index is 2.45. The number of rotatable bonds is 3. The Labute approximate surface area is 116 Å². The van der Waals surface area contributed by atoms with E-state index in [0.29, 0.717) is 5.41 Å². The Hall–Kier alpha value is -0.430. The van der Waals surface area contributed by atoms with Crippen molar-refractivity contribution in [2.45, 2.75) is 62.5 Å². The molecule has 98 valence electrons. The summed E-state index contributed by atoms with van der Waals surface area (Å²) in [5.41, 5.74) is 3.59. The van der Waals surface area contributed by atoms with E-state index in [0.717, 1.165) is 5.25 Å². The summed E-state index contributed by atoms with van der Waals surface area (Å²) in [7, 11) is 0. The van der Waals surface area contributed by atoms with Gasteiger partial charge in [0.15, 0.2) is 0 Å². The Morgan fingerprint density at radius 1 is 1.11 bits per heavy atom. The van der Waals surface area contributed by atoms with E-state index in [4.69, 9.17) is 0 Å². The molecule has 1 atom stereocenters. The molecule has 1 heteroatoms. The fourth-order valence-corrected chi connectivity index (χ4v) is 4.87. The zero-order valence-corrected chi connectivity index (χ0v) is 12.3. The van der Waals surface area contributed by atoms with Crippen molar-refractivity contribution in [3.63, 3.8) is 0 Å². The number of benzene rings is 1. The lowest BCUT2D eigenvalue weighted by Gasteiger charge is -2.24. The van der Waals surface area contributed by atoms with Crippen LogP contribution in [0.1, 0.15) is 56.6 Å². The highest BCUT2D eigenvalue weighted by molar-refractivity contribution is 8.00. The van der Waals surface area contributed by atoms with Gasteiger partial charge in [-0.2, -0.15) is 11.8 Å². The van der Waals surface area contributed by atoms with Gasteiger partial charge in [0.05, 0.1) is 0 Å². The lowest BCUT2D eigenvalue weighted by molar-refractivity contribution is 0.491. The molecule has 0 nitrogen and oxygen atoms in total. The van der Waals surface area contributed by atoms with Crippen LogP contribution in [-0.4, -0.2) is 11.0 Å². The van der Waals surface area contributed by atoms with Crippen molar-refractivity contribution in [3.05, 3.63) is 35.4 Å². The molecular formula is C17H24S. The van der Waals surface area contributed by atoms with Gasteiger partial charge < -0.3 is 0 Å². The fraction of sp³-hybridized carbons (Fsp3) is 0.647. The molecule has 1 unspecified atom stereocenters. The zero-order valence-electron chi connectivity index (χ0n) is 11.5. The highest BCUT2D eigenvalue weighted by Crippen LogP contribution is 2.40. The van der Waals surface area contributed by atoms with Crippen molar-refractivity contribution in [1.29, 1.82) is 0 Å². The maximum Gasteiger partial charge on any atom is 0.00877 e. The Morgan fingerprint density at radius 2 is 1.83 bits per heavy atom. The summed E-state index contributed by atoms with van der Waals surface area (Å²) in [6.45, 7) is 2.45. The first kappa shape index (κ1) is 12.6. The van der Waals surface area contributed by atoms with Crippen LogP contribution in [-0.2, 0) is 11.8 Å². The Kier molecular flexibility index (Phi) is 3.70. The second-order valence-electron chi connectivity index (χ2n) is 6.30. The smallest absolute Gasteiger partial charge is 0.00877 e. The first-order chi connectivity index (χ1) is 8.76. The molecule has 2 aliphatic rings. The van der Waals surface area contributed by atoms with E-state index in [1.165, 1.54) is 50.7 Å². The quantitative estimate of drug-likeness (QED) is 0.740. The van der Waals surface area contributed by atoms with Crippen molar-refractivity contribution < 1.29 is 0 Å². The fourth-order valence-electron chi connectivity index (χ4n) is 3.56. The summed E-state index contributed by atoms with van der Waals surface area (Å²) in [5, 5.41) is 0.887. The van der Waals surface area contributed by atoms with Crippen LogP contribution in [0.4, 0.5) is 0 Å². The molecule has 1 aromatic carbocycles. The third kappa shape index (κ3) is 2.61. The molecule has 1 saturated carbocycles. The lowest BCUT2D eigenvalue weighted by atomic mass is 9.81. The van der Waals surface area contributed by atoms with E-state index in [1.54, 1.807) is 11.1 Å². The Bertz CT molecular complexity index is 381. The van der Waals surface area contributed by atoms with Crippen molar-refractivity contribution in [3.8, 4) is 0 Å². The predicted octanol–water partition coefficient (Wildman–Crippen LogP) is 4.96. The van der Waals surface area contributed by atoms with Crippen LogP contribution in [0.25, 0.3) is 0 Å². The van der Waals surface area contributed by atoms with Crippen molar-refractivity contribution in [2.24, 2.45) is 0 Å². The van der Waals surface area contributed by atoms with Gasteiger partial charge in [0, 0.05) is 5.25 Å². The monoisotopic (exact) mass is 260 g/mol. The summed E-state index contributed by atoms with van der Waals surface area (Å²) >= 11 is 2.17. The van der Waals surface area contributed by atoms with Crippen LogP contribution in [0.5, 0.6) is 0 Å². The van der Waals surface area contributed by atoms with Crippen molar-refractivity contribution >= 4 is 11.8 Å².